The van der Waals surface area contributed by atoms with Crippen LogP contribution in [0.5, 0.6) is 0 Å². The molecule has 0 spiro atoms. The molecule has 1 amide bonds. The largest absolute Gasteiger partial charge is 0.336 e. The van der Waals surface area contributed by atoms with Crippen LogP contribution in [-0.2, 0) is 9.84 Å². The fraction of sp³-hybridized carbons (Fsp3) is 0.500. The number of nitriles is 1. The molecule has 1 aromatic rings. The molecule has 1 aromatic heterocycles. The summed E-state index contributed by atoms with van der Waals surface area (Å²) in [5.41, 5.74) is 0.547. The van der Waals surface area contributed by atoms with E-state index in [0.29, 0.717) is 18.5 Å². The lowest BCUT2D eigenvalue weighted by Gasteiger charge is -2.23. The first-order valence-corrected chi connectivity index (χ1v) is 8.71. The molecule has 1 atom stereocenters. The topological polar surface area (TPSA) is 91.1 Å². The van der Waals surface area contributed by atoms with Crippen molar-refractivity contribution in [1.29, 1.82) is 5.26 Å². The van der Waals surface area contributed by atoms with Crippen LogP contribution in [-0.4, -0.2) is 48.8 Å². The summed E-state index contributed by atoms with van der Waals surface area (Å²) in [4.78, 5) is 18.0. The third kappa shape index (κ3) is 3.79. The molecule has 0 bridgehead atoms. The molecule has 1 aliphatic rings. The van der Waals surface area contributed by atoms with Crippen LogP contribution in [0, 0.1) is 11.3 Å². The molecular weight excluding hydrogens is 290 g/mol. The van der Waals surface area contributed by atoms with Gasteiger partial charge in [0.2, 0.25) is 0 Å². The predicted molar refractivity (Wildman–Crippen MR) is 77.3 cm³/mol. The Bertz CT molecular complexity index is 679. The van der Waals surface area contributed by atoms with Gasteiger partial charge in [0.1, 0.15) is 5.69 Å². The lowest BCUT2D eigenvalue weighted by atomic mass is 10.2. The highest BCUT2D eigenvalue weighted by molar-refractivity contribution is 7.91. The molecule has 1 fully saturated rings. The fourth-order valence-electron chi connectivity index (χ4n) is 2.42. The van der Waals surface area contributed by atoms with E-state index in [-0.39, 0.29) is 18.1 Å². The Morgan fingerprint density at radius 1 is 1.48 bits per heavy atom. The molecule has 0 saturated carbocycles. The number of hydrogen-bond donors (Lipinski definition) is 0. The zero-order chi connectivity index (χ0) is 15.5. The van der Waals surface area contributed by atoms with Crippen molar-refractivity contribution in [2.75, 3.05) is 19.3 Å². The van der Waals surface area contributed by atoms with E-state index >= 15 is 0 Å². The molecule has 0 radical (unpaired) electrons. The SMILES string of the molecule is CS(=O)(=O)C1CCCCN(C(=O)c2cc(C#N)ccn2)C1. The van der Waals surface area contributed by atoms with Crippen LogP contribution in [0.1, 0.15) is 35.3 Å². The van der Waals surface area contributed by atoms with Crippen molar-refractivity contribution in [2.24, 2.45) is 0 Å². The summed E-state index contributed by atoms with van der Waals surface area (Å²) in [6.45, 7) is 0.708. The van der Waals surface area contributed by atoms with Gasteiger partial charge in [0.05, 0.1) is 16.9 Å². The van der Waals surface area contributed by atoms with Crippen LogP contribution >= 0.6 is 0 Å². The van der Waals surface area contributed by atoms with Gasteiger partial charge in [0.25, 0.3) is 5.91 Å². The van der Waals surface area contributed by atoms with E-state index in [1.165, 1.54) is 29.5 Å². The first-order chi connectivity index (χ1) is 9.91. The van der Waals surface area contributed by atoms with Gasteiger partial charge in [-0.3, -0.25) is 9.78 Å². The Morgan fingerprint density at radius 2 is 2.24 bits per heavy atom. The van der Waals surface area contributed by atoms with Gasteiger partial charge in [-0.1, -0.05) is 6.42 Å². The maximum absolute atomic E-state index is 12.5. The normalized spacial score (nSPS) is 19.6. The number of carbonyl (C=O) groups is 1. The second-order valence-electron chi connectivity index (χ2n) is 5.24. The standard InChI is InChI=1S/C14H17N3O3S/c1-21(19,20)12-4-2-3-7-17(10-12)14(18)13-8-11(9-15)5-6-16-13/h5-6,8,12H,2-4,7,10H2,1H3. The van der Waals surface area contributed by atoms with E-state index in [1.807, 2.05) is 6.07 Å². The second-order valence-corrected chi connectivity index (χ2v) is 7.57. The smallest absolute Gasteiger partial charge is 0.272 e. The summed E-state index contributed by atoms with van der Waals surface area (Å²) < 4.78 is 23.5. The number of pyridine rings is 1. The Labute approximate surface area is 124 Å². The van der Waals surface area contributed by atoms with Crippen molar-refractivity contribution in [2.45, 2.75) is 24.5 Å². The van der Waals surface area contributed by atoms with Crippen LogP contribution in [0.3, 0.4) is 0 Å². The van der Waals surface area contributed by atoms with Gasteiger partial charge < -0.3 is 4.90 Å². The van der Waals surface area contributed by atoms with Crippen molar-refractivity contribution in [1.82, 2.24) is 9.88 Å². The van der Waals surface area contributed by atoms with Gasteiger partial charge in [-0.15, -0.1) is 0 Å². The fourth-order valence-corrected chi connectivity index (χ4v) is 3.46. The third-order valence-electron chi connectivity index (χ3n) is 3.63. The van der Waals surface area contributed by atoms with Gasteiger partial charge in [-0.2, -0.15) is 5.26 Å². The summed E-state index contributed by atoms with van der Waals surface area (Å²) >= 11 is 0. The Morgan fingerprint density at radius 3 is 2.90 bits per heavy atom. The van der Waals surface area contributed by atoms with Crippen LogP contribution in [0.15, 0.2) is 18.3 Å². The van der Waals surface area contributed by atoms with Gasteiger partial charge in [0.15, 0.2) is 9.84 Å². The van der Waals surface area contributed by atoms with Crippen LogP contribution < -0.4 is 0 Å². The average molecular weight is 307 g/mol. The summed E-state index contributed by atoms with van der Waals surface area (Å²) in [5, 5.41) is 8.34. The Kier molecular flexibility index (Phi) is 4.58. The number of sulfone groups is 1. The minimum Gasteiger partial charge on any atom is -0.336 e. The molecule has 1 saturated heterocycles. The monoisotopic (exact) mass is 307 g/mol. The van der Waals surface area contributed by atoms with E-state index in [1.54, 1.807) is 0 Å². The van der Waals surface area contributed by atoms with Crippen molar-refractivity contribution in [3.63, 3.8) is 0 Å². The van der Waals surface area contributed by atoms with E-state index in [0.717, 1.165) is 12.8 Å². The van der Waals surface area contributed by atoms with Gasteiger partial charge in [0, 0.05) is 25.5 Å². The minimum atomic E-state index is -3.18. The molecule has 112 valence electrons. The minimum absolute atomic E-state index is 0.184. The molecular formula is C14H17N3O3S. The van der Waals surface area contributed by atoms with Gasteiger partial charge >= 0.3 is 0 Å². The molecule has 2 rings (SSSR count). The Hall–Kier alpha value is -1.94. The van der Waals surface area contributed by atoms with Crippen LogP contribution in [0.25, 0.3) is 0 Å². The van der Waals surface area contributed by atoms with Crippen molar-refractivity contribution < 1.29 is 13.2 Å². The number of amides is 1. The molecule has 21 heavy (non-hydrogen) atoms. The van der Waals surface area contributed by atoms with Crippen molar-refractivity contribution in [3.05, 3.63) is 29.6 Å². The number of carbonyl (C=O) groups excluding carboxylic acids is 1. The Balaban J connectivity index is 2.23. The summed E-state index contributed by atoms with van der Waals surface area (Å²) in [6, 6.07) is 4.92. The number of rotatable bonds is 2. The third-order valence-corrected chi connectivity index (χ3v) is 5.22. The van der Waals surface area contributed by atoms with E-state index < -0.39 is 15.1 Å². The molecule has 0 aromatic carbocycles. The van der Waals surface area contributed by atoms with E-state index in [4.69, 9.17) is 5.26 Å². The molecule has 6 nitrogen and oxygen atoms in total. The molecule has 1 aliphatic heterocycles. The predicted octanol–water partition coefficient (Wildman–Crippen LogP) is 0.993. The molecule has 1 unspecified atom stereocenters. The summed E-state index contributed by atoms with van der Waals surface area (Å²) in [6.07, 6.45) is 4.76. The number of hydrogen-bond acceptors (Lipinski definition) is 5. The molecule has 2 heterocycles. The van der Waals surface area contributed by atoms with Crippen molar-refractivity contribution in [3.8, 4) is 6.07 Å². The first-order valence-electron chi connectivity index (χ1n) is 6.76. The molecule has 0 N–H and O–H groups in total. The number of likely N-dealkylation sites (tertiary alicyclic amines) is 1. The highest BCUT2D eigenvalue weighted by Crippen LogP contribution is 2.18. The lowest BCUT2D eigenvalue weighted by Crippen LogP contribution is -2.39. The summed E-state index contributed by atoms with van der Waals surface area (Å²) in [5.74, 6) is -0.317. The van der Waals surface area contributed by atoms with Crippen molar-refractivity contribution >= 4 is 15.7 Å². The second kappa shape index (κ2) is 6.22. The van der Waals surface area contributed by atoms with Gasteiger partial charge in [-0.05, 0) is 25.0 Å². The maximum atomic E-state index is 12.5. The van der Waals surface area contributed by atoms with E-state index in [9.17, 15) is 13.2 Å². The molecule has 0 aliphatic carbocycles. The van der Waals surface area contributed by atoms with Gasteiger partial charge in [-0.25, -0.2) is 8.42 Å². The zero-order valence-electron chi connectivity index (χ0n) is 11.8. The number of aromatic nitrogens is 1. The highest BCUT2D eigenvalue weighted by Gasteiger charge is 2.29. The van der Waals surface area contributed by atoms with Crippen LogP contribution in [0.4, 0.5) is 0 Å². The maximum Gasteiger partial charge on any atom is 0.272 e. The van der Waals surface area contributed by atoms with Crippen LogP contribution in [0.2, 0.25) is 0 Å². The first kappa shape index (κ1) is 15.4. The quantitative estimate of drug-likeness (QED) is 0.812. The summed E-state index contributed by atoms with van der Waals surface area (Å²) in [7, 11) is -3.18. The molecule has 7 heteroatoms. The average Bonchev–Trinajstić information content (AvgIpc) is 2.72. The zero-order valence-corrected chi connectivity index (χ0v) is 12.6. The lowest BCUT2D eigenvalue weighted by molar-refractivity contribution is 0.0757. The number of nitrogens with zero attached hydrogens (tertiary/aromatic N) is 3. The highest BCUT2D eigenvalue weighted by atomic mass is 32.2. The van der Waals surface area contributed by atoms with E-state index in [2.05, 4.69) is 4.98 Å².